The molecule has 0 radical (unpaired) electrons. The zero-order valence-corrected chi connectivity index (χ0v) is 23.7. The number of anilines is 1. The summed E-state index contributed by atoms with van der Waals surface area (Å²) in [6.45, 7) is 2.99. The average Bonchev–Trinajstić information content (AvgIpc) is 3.61. The van der Waals surface area contributed by atoms with E-state index in [2.05, 4.69) is 14.9 Å². The summed E-state index contributed by atoms with van der Waals surface area (Å²) >= 11 is 3.46. The maximum absolute atomic E-state index is 13.4. The third kappa shape index (κ3) is 5.68. The van der Waals surface area contributed by atoms with Crippen molar-refractivity contribution in [3.63, 3.8) is 0 Å². The van der Waals surface area contributed by atoms with E-state index in [0.717, 1.165) is 40.7 Å². The minimum absolute atomic E-state index is 0.0446. The van der Waals surface area contributed by atoms with Gasteiger partial charge in [0, 0.05) is 56.4 Å². The van der Waals surface area contributed by atoms with Crippen LogP contribution in [0.15, 0.2) is 52.6 Å². The Labute approximate surface area is 230 Å². The topological polar surface area (TPSA) is 120 Å². The number of hydrogen-bond acceptors (Lipinski definition) is 10. The van der Waals surface area contributed by atoms with Crippen molar-refractivity contribution in [2.45, 2.75) is 16.5 Å². The van der Waals surface area contributed by atoms with E-state index in [1.807, 2.05) is 23.9 Å². The summed E-state index contributed by atoms with van der Waals surface area (Å²) in [5.74, 6) is 2.57. The molecule has 0 bridgehead atoms. The van der Waals surface area contributed by atoms with Crippen LogP contribution in [0.3, 0.4) is 0 Å². The monoisotopic (exact) mass is 577 g/mol. The van der Waals surface area contributed by atoms with Crippen LogP contribution in [0.2, 0.25) is 0 Å². The van der Waals surface area contributed by atoms with Crippen molar-refractivity contribution < 1.29 is 23.0 Å². The van der Waals surface area contributed by atoms with Gasteiger partial charge in [0.25, 0.3) is 10.0 Å². The highest BCUT2D eigenvalue weighted by molar-refractivity contribution is 8.15. The molecule has 0 amide bonds. The Hall–Kier alpha value is -2.29. The fraction of sp³-hybridized carbons (Fsp3) is 0.440. The summed E-state index contributed by atoms with van der Waals surface area (Å²) in [7, 11) is -0.823. The second-order valence-corrected chi connectivity index (χ2v) is 13.3. The standard InChI is InChI=1S/C25H31N5O5S3/c1-29(38(32,33)22-5-3-4-6-26-22)20-15-18(35-10-9-34-2)13-17-14-19(28-23(17)20)24-27-16-21(37-24)25(31)30-7-11-36-12-8-30/h3-6,13-15,21,25,28,31H,7-12,16H2,1-2H3. The van der Waals surface area contributed by atoms with Crippen LogP contribution < -0.4 is 9.04 Å². The van der Waals surface area contributed by atoms with Crippen molar-refractivity contribution in [2.24, 2.45) is 4.99 Å². The van der Waals surface area contributed by atoms with Gasteiger partial charge in [0.1, 0.15) is 23.6 Å². The van der Waals surface area contributed by atoms with Crippen LogP contribution in [-0.2, 0) is 14.8 Å². The van der Waals surface area contributed by atoms with Crippen LogP contribution in [0.5, 0.6) is 5.75 Å². The number of aromatic amines is 1. The number of fused-ring (bicyclic) bond motifs is 1. The van der Waals surface area contributed by atoms with Crippen LogP contribution >= 0.6 is 23.5 Å². The summed E-state index contributed by atoms with van der Waals surface area (Å²) in [6.07, 6.45) is 0.897. The molecule has 2 aliphatic heterocycles. The van der Waals surface area contributed by atoms with Crippen molar-refractivity contribution in [1.29, 1.82) is 0 Å². The number of pyridine rings is 1. The molecule has 0 saturated carbocycles. The number of rotatable bonds is 10. The van der Waals surface area contributed by atoms with Gasteiger partial charge >= 0.3 is 0 Å². The first kappa shape index (κ1) is 27.3. The number of nitrogens with one attached hydrogen (secondary N) is 1. The highest BCUT2D eigenvalue weighted by Crippen LogP contribution is 2.37. The first-order chi connectivity index (χ1) is 18.4. The number of ether oxygens (including phenoxy) is 2. The summed E-state index contributed by atoms with van der Waals surface area (Å²) in [5.41, 5.74) is 1.84. The van der Waals surface area contributed by atoms with Crippen LogP contribution in [0, 0.1) is 0 Å². The van der Waals surface area contributed by atoms with Crippen molar-refractivity contribution in [2.75, 3.05) is 62.8 Å². The van der Waals surface area contributed by atoms with E-state index in [1.54, 1.807) is 37.1 Å². The Morgan fingerprint density at radius 1 is 1.24 bits per heavy atom. The maximum atomic E-state index is 13.4. The van der Waals surface area contributed by atoms with Gasteiger partial charge in [0.2, 0.25) is 0 Å². The van der Waals surface area contributed by atoms with Crippen LogP contribution in [0.1, 0.15) is 5.69 Å². The van der Waals surface area contributed by atoms with E-state index in [0.29, 0.717) is 36.7 Å². The van der Waals surface area contributed by atoms with Gasteiger partial charge < -0.3 is 19.6 Å². The second kappa shape index (κ2) is 11.8. The molecule has 0 aliphatic carbocycles. The number of hydrogen-bond donors (Lipinski definition) is 2. The molecule has 4 heterocycles. The van der Waals surface area contributed by atoms with E-state index in [4.69, 9.17) is 14.5 Å². The molecule has 2 N–H and O–H groups in total. The molecule has 2 aromatic heterocycles. The van der Waals surface area contributed by atoms with E-state index in [-0.39, 0.29) is 10.3 Å². The Morgan fingerprint density at radius 3 is 2.79 bits per heavy atom. The van der Waals surface area contributed by atoms with E-state index < -0.39 is 16.3 Å². The highest BCUT2D eigenvalue weighted by atomic mass is 32.2. The van der Waals surface area contributed by atoms with Gasteiger partial charge in [-0.1, -0.05) is 17.8 Å². The van der Waals surface area contributed by atoms with Crippen molar-refractivity contribution in [3.05, 3.63) is 48.3 Å². The highest BCUT2D eigenvalue weighted by Gasteiger charge is 2.33. The predicted molar refractivity (Wildman–Crippen MR) is 153 cm³/mol. The molecule has 1 fully saturated rings. The molecule has 1 aromatic carbocycles. The van der Waals surface area contributed by atoms with Gasteiger partial charge in [-0.3, -0.25) is 14.2 Å². The number of benzene rings is 1. The van der Waals surface area contributed by atoms with E-state index >= 15 is 0 Å². The van der Waals surface area contributed by atoms with Crippen LogP contribution in [0.25, 0.3) is 10.9 Å². The lowest BCUT2D eigenvalue weighted by Gasteiger charge is -2.33. The molecule has 3 aromatic rings. The largest absolute Gasteiger partial charge is 0.491 e. The molecular weight excluding hydrogens is 547 g/mol. The third-order valence-electron chi connectivity index (χ3n) is 6.50. The molecule has 0 spiro atoms. The number of aliphatic hydroxyl groups is 1. The molecule has 5 rings (SSSR count). The van der Waals surface area contributed by atoms with E-state index in [9.17, 15) is 13.5 Å². The summed E-state index contributed by atoms with van der Waals surface area (Å²) in [4.78, 5) is 14.3. The zero-order valence-electron chi connectivity index (χ0n) is 21.2. The number of methoxy groups -OCH3 is 1. The Kier molecular flexibility index (Phi) is 8.50. The maximum Gasteiger partial charge on any atom is 0.281 e. The van der Waals surface area contributed by atoms with Crippen LogP contribution in [-0.4, -0.2) is 103 Å². The molecule has 2 unspecified atom stereocenters. The molecule has 1 saturated heterocycles. The smallest absolute Gasteiger partial charge is 0.281 e. The van der Waals surface area contributed by atoms with Gasteiger partial charge in [-0.05, 0) is 24.3 Å². The van der Waals surface area contributed by atoms with Crippen molar-refractivity contribution in [3.8, 4) is 5.75 Å². The molecule has 2 aliphatic rings. The number of thioether (sulfide) groups is 2. The van der Waals surface area contributed by atoms with Gasteiger partial charge in [-0.2, -0.15) is 20.2 Å². The second-order valence-electron chi connectivity index (χ2n) is 8.94. The minimum atomic E-state index is -3.92. The summed E-state index contributed by atoms with van der Waals surface area (Å²) in [5, 5.41) is 12.4. The number of H-pyrrole nitrogens is 1. The van der Waals surface area contributed by atoms with Crippen molar-refractivity contribution >= 4 is 55.2 Å². The lowest BCUT2D eigenvalue weighted by Crippen LogP contribution is -2.46. The average molecular weight is 578 g/mol. The molecule has 10 nitrogen and oxygen atoms in total. The lowest BCUT2D eigenvalue weighted by molar-refractivity contribution is 0.0117. The molecular formula is C25H31N5O5S3. The Bertz CT molecular complexity index is 1390. The lowest BCUT2D eigenvalue weighted by atomic mass is 10.2. The number of nitrogens with zero attached hydrogens (tertiary/aromatic N) is 4. The van der Waals surface area contributed by atoms with Crippen molar-refractivity contribution in [1.82, 2.24) is 14.9 Å². The summed E-state index contributed by atoms with van der Waals surface area (Å²) < 4.78 is 39.0. The van der Waals surface area contributed by atoms with Gasteiger partial charge in [-0.25, -0.2) is 4.98 Å². The SMILES string of the molecule is COCCOc1cc(N(C)S(=O)(=O)c2ccccn2)c2[nH]c(C3=NCC(C(O)N4CCSCC4)S3)cc2c1. The number of sulfonamides is 1. The quantitative estimate of drug-likeness (QED) is 0.351. The minimum Gasteiger partial charge on any atom is -0.491 e. The van der Waals surface area contributed by atoms with Gasteiger partial charge in [0.15, 0.2) is 5.03 Å². The molecule has 204 valence electrons. The normalized spacial score (nSPS) is 19.4. The number of aliphatic hydroxyl groups excluding tert-OH is 1. The number of aromatic nitrogens is 2. The predicted octanol–water partition coefficient (Wildman–Crippen LogP) is 2.64. The molecule has 2 atom stereocenters. The molecule has 13 heteroatoms. The first-order valence-electron chi connectivity index (χ1n) is 12.3. The van der Waals surface area contributed by atoms with E-state index in [1.165, 1.54) is 23.6 Å². The fourth-order valence-electron chi connectivity index (χ4n) is 4.43. The third-order valence-corrected chi connectivity index (χ3v) is 10.4. The molecule has 38 heavy (non-hydrogen) atoms. The number of aliphatic imine (C=N–C) groups is 1. The first-order valence-corrected chi connectivity index (χ1v) is 15.8. The Balaban J connectivity index is 1.46. The van der Waals surface area contributed by atoms with Gasteiger partial charge in [-0.15, -0.1) is 0 Å². The van der Waals surface area contributed by atoms with Gasteiger partial charge in [0.05, 0.1) is 35.3 Å². The zero-order chi connectivity index (χ0) is 26.7. The summed E-state index contributed by atoms with van der Waals surface area (Å²) in [6, 6.07) is 10.3. The Morgan fingerprint density at radius 2 is 2.05 bits per heavy atom. The van der Waals surface area contributed by atoms with Crippen LogP contribution in [0.4, 0.5) is 5.69 Å². The fourth-order valence-corrected chi connectivity index (χ4v) is 7.60.